The normalized spacial score (nSPS) is 14.0. The largest absolute Gasteiger partial charge is 0.351 e. The van der Waals surface area contributed by atoms with Gasteiger partial charge in [0.15, 0.2) is 0 Å². The Morgan fingerprint density at radius 3 is 2.42 bits per heavy atom. The number of urea groups is 1. The first-order valence-electron chi connectivity index (χ1n) is 8.35. The van der Waals surface area contributed by atoms with Crippen LogP contribution in [0.2, 0.25) is 5.02 Å². The molecule has 0 atom stereocenters. The lowest BCUT2D eigenvalue weighted by molar-refractivity contribution is 0.253. The number of amides is 2. The number of halogens is 1. The van der Waals surface area contributed by atoms with Crippen molar-refractivity contribution in [2.24, 2.45) is 5.73 Å². The highest BCUT2D eigenvalue weighted by atomic mass is 35.5. The number of nitrogens with two attached hydrogens (primary N) is 1. The van der Waals surface area contributed by atoms with Crippen LogP contribution in [0, 0.1) is 0 Å². The van der Waals surface area contributed by atoms with Crippen molar-refractivity contribution in [3.63, 3.8) is 0 Å². The molecule has 0 bridgehead atoms. The maximum absolute atomic E-state index is 12.1. The van der Waals surface area contributed by atoms with E-state index in [0.717, 1.165) is 33.5 Å². The van der Waals surface area contributed by atoms with Crippen molar-refractivity contribution in [2.45, 2.75) is 6.54 Å². The van der Waals surface area contributed by atoms with Crippen LogP contribution in [-0.4, -0.2) is 6.03 Å². The molecular weight excluding hydrogens is 344 g/mol. The number of primary amides is 1. The van der Waals surface area contributed by atoms with Gasteiger partial charge in [-0.3, -0.25) is 4.90 Å². The summed E-state index contributed by atoms with van der Waals surface area (Å²) in [5.74, 6) is 0. The second-order valence-electron chi connectivity index (χ2n) is 6.24. The number of anilines is 1. The molecular formula is C22H17ClN2O. The molecule has 4 heteroatoms. The predicted octanol–water partition coefficient (Wildman–Crippen LogP) is 5.58. The molecule has 3 aromatic carbocycles. The predicted molar refractivity (Wildman–Crippen MR) is 108 cm³/mol. The molecule has 26 heavy (non-hydrogen) atoms. The van der Waals surface area contributed by atoms with Crippen molar-refractivity contribution in [1.29, 1.82) is 0 Å². The zero-order valence-corrected chi connectivity index (χ0v) is 14.8. The van der Waals surface area contributed by atoms with E-state index in [-0.39, 0.29) is 0 Å². The van der Waals surface area contributed by atoms with E-state index in [1.807, 2.05) is 36.4 Å². The highest BCUT2D eigenvalue weighted by molar-refractivity contribution is 6.30. The van der Waals surface area contributed by atoms with Crippen molar-refractivity contribution in [1.82, 2.24) is 0 Å². The Hall–Kier alpha value is -3.04. The first-order chi connectivity index (χ1) is 12.6. The van der Waals surface area contributed by atoms with Crippen molar-refractivity contribution < 1.29 is 4.79 Å². The average Bonchev–Trinajstić information content (AvgIpc) is 2.64. The van der Waals surface area contributed by atoms with Crippen LogP contribution in [0.15, 0.2) is 66.7 Å². The minimum absolute atomic E-state index is 0.415. The maximum Gasteiger partial charge on any atom is 0.319 e. The van der Waals surface area contributed by atoms with E-state index in [1.165, 1.54) is 0 Å². The van der Waals surface area contributed by atoms with Crippen LogP contribution in [0.1, 0.15) is 16.7 Å². The van der Waals surface area contributed by atoms with E-state index in [4.69, 9.17) is 17.3 Å². The van der Waals surface area contributed by atoms with Crippen LogP contribution >= 0.6 is 11.6 Å². The third-order valence-electron chi connectivity index (χ3n) is 4.57. The van der Waals surface area contributed by atoms with Crippen LogP contribution in [-0.2, 0) is 6.54 Å². The molecule has 4 rings (SSSR count). The Bertz CT molecular complexity index is 1010. The fraction of sp³-hybridized carbons (Fsp3) is 0.0455. The fourth-order valence-corrected chi connectivity index (χ4v) is 3.42. The lowest BCUT2D eigenvalue weighted by Crippen LogP contribution is -2.36. The molecule has 0 fully saturated rings. The van der Waals surface area contributed by atoms with Gasteiger partial charge in [0.2, 0.25) is 0 Å². The molecule has 1 heterocycles. The van der Waals surface area contributed by atoms with Crippen LogP contribution in [0.3, 0.4) is 0 Å². The minimum Gasteiger partial charge on any atom is -0.351 e. The van der Waals surface area contributed by atoms with Crippen molar-refractivity contribution in [2.75, 3.05) is 4.90 Å². The molecule has 3 nitrogen and oxygen atoms in total. The zero-order chi connectivity index (χ0) is 18.1. The number of fused-ring (bicyclic) bond motifs is 2. The van der Waals surface area contributed by atoms with Gasteiger partial charge in [-0.05, 0) is 52.1 Å². The second kappa shape index (κ2) is 6.70. The van der Waals surface area contributed by atoms with E-state index >= 15 is 0 Å². The zero-order valence-electron chi connectivity index (χ0n) is 14.0. The molecule has 0 saturated heterocycles. The monoisotopic (exact) mass is 360 g/mol. The first kappa shape index (κ1) is 16.4. The molecule has 0 saturated carbocycles. The molecule has 2 amide bonds. The third-order valence-corrected chi connectivity index (χ3v) is 4.81. The average molecular weight is 361 g/mol. The van der Waals surface area contributed by atoms with Crippen molar-refractivity contribution >= 4 is 35.5 Å². The minimum atomic E-state index is -0.484. The molecule has 3 aromatic rings. The lowest BCUT2D eigenvalue weighted by Gasteiger charge is -2.25. The molecule has 128 valence electrons. The topological polar surface area (TPSA) is 46.3 Å². The Labute approximate surface area is 157 Å². The van der Waals surface area contributed by atoms with E-state index in [0.29, 0.717) is 11.6 Å². The summed E-state index contributed by atoms with van der Waals surface area (Å²) in [6.45, 7) is 0.415. The number of benzene rings is 3. The smallest absolute Gasteiger partial charge is 0.319 e. The number of hydrogen-bond donors (Lipinski definition) is 1. The van der Waals surface area contributed by atoms with E-state index < -0.39 is 6.03 Å². The Balaban J connectivity index is 1.85. The number of hydrogen-bond acceptors (Lipinski definition) is 1. The van der Waals surface area contributed by atoms with Gasteiger partial charge >= 0.3 is 6.03 Å². The van der Waals surface area contributed by atoms with Crippen molar-refractivity contribution in [3.8, 4) is 11.1 Å². The summed E-state index contributed by atoms with van der Waals surface area (Å²) in [5, 5.41) is 0.622. The number of carbonyl (C=O) groups is 1. The lowest BCUT2D eigenvalue weighted by atomic mass is 9.96. The molecule has 0 aliphatic carbocycles. The summed E-state index contributed by atoms with van der Waals surface area (Å²) >= 11 is 6.13. The van der Waals surface area contributed by atoms with Gasteiger partial charge in [-0.25, -0.2) is 4.79 Å². The van der Waals surface area contributed by atoms with Gasteiger partial charge in [-0.2, -0.15) is 0 Å². The van der Waals surface area contributed by atoms with Gasteiger partial charge in [-0.15, -0.1) is 0 Å². The summed E-state index contributed by atoms with van der Waals surface area (Å²) in [4.78, 5) is 13.6. The number of rotatable bonds is 1. The molecule has 0 spiro atoms. The highest BCUT2D eigenvalue weighted by Crippen LogP contribution is 2.32. The number of carbonyl (C=O) groups excluding carboxylic acids is 1. The van der Waals surface area contributed by atoms with Gasteiger partial charge < -0.3 is 5.73 Å². The molecule has 0 aromatic heterocycles. The van der Waals surface area contributed by atoms with Crippen LogP contribution < -0.4 is 10.6 Å². The second-order valence-corrected chi connectivity index (χ2v) is 6.68. The fourth-order valence-electron chi connectivity index (χ4n) is 3.24. The Morgan fingerprint density at radius 2 is 1.65 bits per heavy atom. The van der Waals surface area contributed by atoms with Crippen LogP contribution in [0.5, 0.6) is 0 Å². The summed E-state index contributed by atoms with van der Waals surface area (Å²) in [6.07, 6.45) is 4.04. The molecule has 2 N–H and O–H groups in total. The summed E-state index contributed by atoms with van der Waals surface area (Å²) in [7, 11) is 0. The van der Waals surface area contributed by atoms with Gasteiger partial charge in [0.1, 0.15) is 0 Å². The van der Waals surface area contributed by atoms with E-state index in [9.17, 15) is 4.79 Å². The maximum atomic E-state index is 12.1. The van der Waals surface area contributed by atoms with E-state index in [1.54, 1.807) is 11.0 Å². The molecule has 1 aliphatic heterocycles. The first-order valence-corrected chi connectivity index (χ1v) is 8.72. The van der Waals surface area contributed by atoms with Gasteiger partial charge in [0.05, 0.1) is 12.2 Å². The van der Waals surface area contributed by atoms with Gasteiger partial charge in [-0.1, -0.05) is 66.2 Å². The third kappa shape index (κ3) is 3.09. The highest BCUT2D eigenvalue weighted by Gasteiger charge is 2.19. The quantitative estimate of drug-likeness (QED) is 0.605. The van der Waals surface area contributed by atoms with Crippen molar-refractivity contribution in [3.05, 3.63) is 88.4 Å². The standard InChI is InChI=1S/C22H17ClN2O/c23-20-10-11-21-18(13-20)8-6-17-12-16(15-4-2-1-3-5-15)7-9-19(17)14-25(21)22(24)26/h1-13H,14H2,(H2,24,26)/b8-6-. The van der Waals surface area contributed by atoms with Gasteiger partial charge in [0.25, 0.3) is 0 Å². The summed E-state index contributed by atoms with van der Waals surface area (Å²) in [6, 6.07) is 21.4. The Kier molecular flexibility index (Phi) is 4.23. The summed E-state index contributed by atoms with van der Waals surface area (Å²) < 4.78 is 0. The van der Waals surface area contributed by atoms with Gasteiger partial charge in [0, 0.05) is 5.02 Å². The molecule has 1 aliphatic rings. The van der Waals surface area contributed by atoms with E-state index in [2.05, 4.69) is 36.4 Å². The Morgan fingerprint density at radius 1 is 0.885 bits per heavy atom. The van der Waals surface area contributed by atoms with Crippen LogP contribution in [0.4, 0.5) is 10.5 Å². The SMILES string of the molecule is NC(=O)N1Cc2ccc(-c3ccccc3)cc2/C=C\c2cc(Cl)ccc21. The number of nitrogens with zero attached hydrogens (tertiary/aromatic N) is 1. The molecule has 0 radical (unpaired) electrons. The summed E-state index contributed by atoms with van der Waals surface area (Å²) in [5.41, 5.74) is 11.7. The van der Waals surface area contributed by atoms with Crippen LogP contribution in [0.25, 0.3) is 23.3 Å². The molecule has 0 unspecified atom stereocenters.